The highest BCUT2D eigenvalue weighted by molar-refractivity contribution is 9.10. The van der Waals surface area contributed by atoms with E-state index in [9.17, 15) is 18.3 Å². The maximum atomic E-state index is 12.8. The van der Waals surface area contributed by atoms with Gasteiger partial charge in [-0.05, 0) is 38.0 Å². The number of sulfonamides is 1. The number of carboxylic acids is 1. The highest BCUT2D eigenvalue weighted by Crippen LogP contribution is 2.38. The van der Waals surface area contributed by atoms with Crippen LogP contribution in [0.4, 0.5) is 0 Å². The van der Waals surface area contributed by atoms with Gasteiger partial charge in [0.25, 0.3) is 0 Å². The van der Waals surface area contributed by atoms with Gasteiger partial charge in [-0.1, -0.05) is 15.9 Å². The number of hydrogen-bond acceptors (Lipinski definition) is 4. The van der Waals surface area contributed by atoms with Crippen molar-refractivity contribution in [1.82, 2.24) is 4.31 Å². The maximum absolute atomic E-state index is 12.8. The fraction of sp³-hybridized carbons (Fsp3) is 0.462. The third-order valence-electron chi connectivity index (χ3n) is 3.73. The SMILES string of the molecule is COc1ccc(Br)cc1S(=O)(=O)N1CCCC1(C)C(=O)O. The molecule has 0 aromatic heterocycles. The molecule has 0 amide bonds. The van der Waals surface area contributed by atoms with Gasteiger partial charge in [0.15, 0.2) is 0 Å². The second-order valence-corrected chi connectivity index (χ2v) is 7.80. The molecular formula is C13H16BrNO5S. The Morgan fingerprint density at radius 3 is 2.71 bits per heavy atom. The van der Waals surface area contributed by atoms with E-state index in [1.807, 2.05) is 0 Å². The number of halogens is 1. The topological polar surface area (TPSA) is 83.9 Å². The molecule has 1 aromatic carbocycles. The number of aliphatic carboxylic acids is 1. The van der Waals surface area contributed by atoms with Crippen LogP contribution in [-0.4, -0.2) is 43.0 Å². The van der Waals surface area contributed by atoms with Crippen molar-refractivity contribution >= 4 is 31.9 Å². The number of benzene rings is 1. The van der Waals surface area contributed by atoms with Crippen LogP contribution in [0.2, 0.25) is 0 Å². The maximum Gasteiger partial charge on any atom is 0.324 e. The van der Waals surface area contributed by atoms with Gasteiger partial charge in [-0.15, -0.1) is 0 Å². The van der Waals surface area contributed by atoms with Crippen LogP contribution in [0.3, 0.4) is 0 Å². The Kier molecular flexibility index (Phi) is 4.32. The molecule has 6 nitrogen and oxygen atoms in total. The van der Waals surface area contributed by atoms with E-state index < -0.39 is 21.5 Å². The first kappa shape index (κ1) is 16.3. The summed E-state index contributed by atoms with van der Waals surface area (Å²) in [5.74, 6) is -0.949. The van der Waals surface area contributed by atoms with Gasteiger partial charge in [0, 0.05) is 11.0 Å². The van der Waals surface area contributed by atoms with Gasteiger partial charge in [-0.25, -0.2) is 8.42 Å². The Labute approximate surface area is 131 Å². The molecule has 1 aromatic rings. The number of methoxy groups -OCH3 is 1. The molecular weight excluding hydrogens is 362 g/mol. The van der Waals surface area contributed by atoms with Crippen LogP contribution >= 0.6 is 15.9 Å². The van der Waals surface area contributed by atoms with Crippen LogP contribution in [0.25, 0.3) is 0 Å². The second-order valence-electron chi connectivity index (χ2n) is 5.05. The molecule has 1 aliphatic heterocycles. The molecule has 8 heteroatoms. The zero-order chi connectivity index (χ0) is 15.8. The number of carboxylic acid groups (broad SMARTS) is 1. The molecule has 1 unspecified atom stereocenters. The molecule has 0 aliphatic carbocycles. The van der Waals surface area contributed by atoms with E-state index in [1.54, 1.807) is 6.07 Å². The van der Waals surface area contributed by atoms with Crippen molar-refractivity contribution in [3.63, 3.8) is 0 Å². The largest absolute Gasteiger partial charge is 0.495 e. The molecule has 1 atom stereocenters. The molecule has 1 heterocycles. The Morgan fingerprint density at radius 1 is 1.48 bits per heavy atom. The minimum atomic E-state index is -3.96. The molecule has 1 N–H and O–H groups in total. The quantitative estimate of drug-likeness (QED) is 0.868. The molecule has 1 fully saturated rings. The summed E-state index contributed by atoms with van der Waals surface area (Å²) in [4.78, 5) is 11.5. The highest BCUT2D eigenvalue weighted by atomic mass is 79.9. The summed E-state index contributed by atoms with van der Waals surface area (Å²) in [7, 11) is -2.58. The van der Waals surface area contributed by atoms with Crippen LogP contribution in [0.15, 0.2) is 27.6 Å². The van der Waals surface area contributed by atoms with Crippen molar-refractivity contribution in [3.8, 4) is 5.75 Å². The van der Waals surface area contributed by atoms with Crippen molar-refractivity contribution in [1.29, 1.82) is 0 Å². The summed E-state index contributed by atoms with van der Waals surface area (Å²) in [6.45, 7) is 1.62. The van der Waals surface area contributed by atoms with E-state index in [1.165, 1.54) is 26.2 Å². The minimum absolute atomic E-state index is 0.0336. The van der Waals surface area contributed by atoms with Crippen molar-refractivity contribution in [2.75, 3.05) is 13.7 Å². The van der Waals surface area contributed by atoms with Crippen molar-refractivity contribution in [2.24, 2.45) is 0 Å². The van der Waals surface area contributed by atoms with Crippen LogP contribution in [0.1, 0.15) is 19.8 Å². The van der Waals surface area contributed by atoms with E-state index in [2.05, 4.69) is 15.9 Å². The van der Waals surface area contributed by atoms with E-state index in [4.69, 9.17) is 4.74 Å². The average molecular weight is 378 g/mol. The van der Waals surface area contributed by atoms with Gasteiger partial charge in [-0.3, -0.25) is 4.79 Å². The summed E-state index contributed by atoms with van der Waals surface area (Å²) in [5.41, 5.74) is -1.42. The molecule has 0 spiro atoms. The average Bonchev–Trinajstić information content (AvgIpc) is 2.83. The number of carbonyl (C=O) groups is 1. The summed E-state index contributed by atoms with van der Waals surface area (Å²) in [5, 5.41) is 9.39. The summed E-state index contributed by atoms with van der Waals surface area (Å²) >= 11 is 3.23. The third-order valence-corrected chi connectivity index (χ3v) is 6.26. The van der Waals surface area contributed by atoms with E-state index in [0.717, 1.165) is 4.31 Å². The second kappa shape index (κ2) is 5.58. The van der Waals surface area contributed by atoms with E-state index in [0.29, 0.717) is 10.9 Å². The van der Waals surface area contributed by atoms with Crippen LogP contribution in [0.5, 0.6) is 5.75 Å². The molecule has 0 bridgehead atoms. The van der Waals surface area contributed by atoms with Crippen LogP contribution in [0, 0.1) is 0 Å². The molecule has 1 aliphatic rings. The number of hydrogen-bond donors (Lipinski definition) is 1. The molecule has 21 heavy (non-hydrogen) atoms. The zero-order valence-electron chi connectivity index (χ0n) is 11.7. The summed E-state index contributed by atoms with van der Waals surface area (Å²) < 4.78 is 32.4. The monoisotopic (exact) mass is 377 g/mol. The Morgan fingerprint density at radius 2 is 2.14 bits per heavy atom. The van der Waals surface area contributed by atoms with E-state index in [-0.39, 0.29) is 23.6 Å². The lowest BCUT2D eigenvalue weighted by atomic mass is 10.0. The van der Waals surface area contributed by atoms with Gasteiger partial charge in [0.1, 0.15) is 16.2 Å². The Hall–Kier alpha value is -1.12. The van der Waals surface area contributed by atoms with Gasteiger partial charge in [0.2, 0.25) is 10.0 Å². The minimum Gasteiger partial charge on any atom is -0.495 e. The van der Waals surface area contributed by atoms with Gasteiger partial charge < -0.3 is 9.84 Å². The fourth-order valence-electron chi connectivity index (χ4n) is 2.51. The Balaban J connectivity index is 2.57. The molecule has 0 radical (unpaired) electrons. The predicted molar refractivity (Wildman–Crippen MR) is 79.9 cm³/mol. The summed E-state index contributed by atoms with van der Waals surface area (Å²) in [6, 6.07) is 4.62. The molecule has 116 valence electrons. The summed E-state index contributed by atoms with van der Waals surface area (Å²) in [6.07, 6.45) is 0.802. The molecule has 0 saturated carbocycles. The van der Waals surface area contributed by atoms with Gasteiger partial charge in [0.05, 0.1) is 7.11 Å². The molecule has 2 rings (SSSR count). The number of ether oxygens (including phenoxy) is 1. The first-order chi connectivity index (χ1) is 9.73. The first-order valence-corrected chi connectivity index (χ1v) is 8.56. The normalized spacial score (nSPS) is 23.2. The number of rotatable bonds is 4. The molecule has 1 saturated heterocycles. The predicted octanol–water partition coefficient (Wildman–Crippen LogP) is 2.09. The Bertz CT molecular complexity index is 675. The highest BCUT2D eigenvalue weighted by Gasteiger charge is 2.50. The number of nitrogens with zero attached hydrogens (tertiary/aromatic N) is 1. The third kappa shape index (κ3) is 2.67. The first-order valence-electron chi connectivity index (χ1n) is 6.33. The van der Waals surface area contributed by atoms with Crippen LogP contribution in [-0.2, 0) is 14.8 Å². The van der Waals surface area contributed by atoms with Crippen molar-refractivity contribution < 1.29 is 23.1 Å². The van der Waals surface area contributed by atoms with Crippen molar-refractivity contribution in [2.45, 2.75) is 30.2 Å². The van der Waals surface area contributed by atoms with Gasteiger partial charge >= 0.3 is 5.97 Å². The zero-order valence-corrected chi connectivity index (χ0v) is 14.1. The van der Waals surface area contributed by atoms with Crippen LogP contribution < -0.4 is 4.74 Å². The lowest BCUT2D eigenvalue weighted by Crippen LogP contribution is -2.50. The standard InChI is InChI=1S/C13H16BrNO5S/c1-13(12(16)17)6-3-7-15(13)21(18,19)11-8-9(14)4-5-10(11)20-2/h4-5,8H,3,6-7H2,1-2H3,(H,16,17). The smallest absolute Gasteiger partial charge is 0.324 e. The fourth-order valence-corrected chi connectivity index (χ4v) is 5.01. The van der Waals surface area contributed by atoms with E-state index >= 15 is 0 Å². The lowest BCUT2D eigenvalue weighted by Gasteiger charge is -2.30. The van der Waals surface area contributed by atoms with Crippen molar-refractivity contribution in [3.05, 3.63) is 22.7 Å². The lowest BCUT2D eigenvalue weighted by molar-refractivity contribution is -0.146. The van der Waals surface area contributed by atoms with Gasteiger partial charge in [-0.2, -0.15) is 4.31 Å².